The number of benzene rings is 1. The molecule has 0 atom stereocenters. The van der Waals surface area contributed by atoms with Gasteiger partial charge in [0.2, 0.25) is 5.91 Å². The maximum absolute atomic E-state index is 11.1. The van der Waals surface area contributed by atoms with Crippen molar-refractivity contribution in [1.29, 1.82) is 0 Å². The van der Waals surface area contributed by atoms with Crippen LogP contribution in [0.3, 0.4) is 0 Å². The minimum absolute atomic E-state index is 0.00690. The highest BCUT2D eigenvalue weighted by molar-refractivity contribution is 7.97. The highest BCUT2D eigenvalue weighted by atomic mass is 32.2. The Balaban J connectivity index is 2.37. The lowest BCUT2D eigenvalue weighted by Gasteiger charge is -2.02. The van der Waals surface area contributed by atoms with Crippen molar-refractivity contribution in [2.75, 3.05) is 11.9 Å². The number of amides is 1. The number of nitrogens with one attached hydrogen (secondary N) is 2. The zero-order chi connectivity index (χ0) is 8.39. The summed E-state index contributed by atoms with van der Waals surface area (Å²) in [6, 6.07) is 7.72. The lowest BCUT2D eigenvalue weighted by Crippen LogP contribution is -2.20. The second-order valence-electron chi connectivity index (χ2n) is 2.47. The highest BCUT2D eigenvalue weighted by Gasteiger charge is 2.10. The van der Waals surface area contributed by atoms with Crippen LogP contribution in [0.25, 0.3) is 0 Å². The highest BCUT2D eigenvalue weighted by Crippen LogP contribution is 2.25. The van der Waals surface area contributed by atoms with Gasteiger partial charge in [0, 0.05) is 4.90 Å². The monoisotopic (exact) mass is 180 g/mol. The Morgan fingerprint density at radius 1 is 1.33 bits per heavy atom. The van der Waals surface area contributed by atoms with E-state index in [2.05, 4.69) is 10.0 Å². The van der Waals surface area contributed by atoms with Crippen LogP contribution in [0.2, 0.25) is 0 Å². The Bertz CT molecular complexity index is 314. The molecule has 0 aliphatic carbocycles. The van der Waals surface area contributed by atoms with Gasteiger partial charge in [-0.25, -0.2) is 0 Å². The zero-order valence-electron chi connectivity index (χ0n) is 6.33. The van der Waals surface area contributed by atoms with Gasteiger partial charge in [-0.2, -0.15) is 0 Å². The predicted octanol–water partition coefficient (Wildman–Crippen LogP) is 1.24. The molecule has 2 N–H and O–H groups in total. The molecule has 4 heteroatoms. The van der Waals surface area contributed by atoms with E-state index in [9.17, 15) is 4.79 Å². The van der Waals surface area contributed by atoms with Gasteiger partial charge in [-0.05, 0) is 24.1 Å². The molecule has 0 spiro atoms. The first-order valence-corrected chi connectivity index (χ1v) is 4.46. The summed E-state index contributed by atoms with van der Waals surface area (Å²) in [5, 5.41) is 2.80. The maximum Gasteiger partial charge on any atom is 0.239 e. The van der Waals surface area contributed by atoms with Crippen molar-refractivity contribution in [3.63, 3.8) is 0 Å². The molecule has 2 rings (SSSR count). The Hall–Kier alpha value is -1.00. The van der Waals surface area contributed by atoms with Crippen molar-refractivity contribution in [3.8, 4) is 0 Å². The van der Waals surface area contributed by atoms with Crippen molar-refractivity contribution in [1.82, 2.24) is 4.72 Å². The molecule has 0 saturated carbocycles. The number of carbonyl (C=O) groups excluding carboxylic acids is 1. The van der Waals surface area contributed by atoms with E-state index in [4.69, 9.17) is 0 Å². The fourth-order valence-corrected chi connectivity index (χ4v) is 1.77. The van der Waals surface area contributed by atoms with Gasteiger partial charge in [0.1, 0.15) is 0 Å². The molecule has 0 bridgehead atoms. The first kappa shape index (κ1) is 7.64. The third-order valence-corrected chi connectivity index (χ3v) is 2.44. The smallest absolute Gasteiger partial charge is 0.239 e. The van der Waals surface area contributed by atoms with Gasteiger partial charge in [0.25, 0.3) is 0 Å². The molecule has 0 saturated heterocycles. The zero-order valence-corrected chi connectivity index (χ0v) is 7.15. The summed E-state index contributed by atoms with van der Waals surface area (Å²) < 4.78 is 2.96. The van der Waals surface area contributed by atoms with Crippen LogP contribution in [0.4, 0.5) is 5.69 Å². The van der Waals surface area contributed by atoms with E-state index in [0.29, 0.717) is 6.54 Å². The van der Waals surface area contributed by atoms with Gasteiger partial charge < -0.3 is 5.32 Å². The standard InChI is InChI=1S/C8H8N2OS/c11-8-5-9-12-7-4-2-1-3-6(7)10-8/h1-4,9H,5H2,(H,10,11). The van der Waals surface area contributed by atoms with Crippen molar-refractivity contribution < 1.29 is 4.79 Å². The van der Waals surface area contributed by atoms with E-state index in [-0.39, 0.29) is 5.91 Å². The second kappa shape index (κ2) is 3.16. The van der Waals surface area contributed by atoms with Gasteiger partial charge in [0.05, 0.1) is 12.2 Å². The molecule has 3 nitrogen and oxygen atoms in total. The summed E-state index contributed by atoms with van der Waals surface area (Å²) in [6.07, 6.45) is 0. The molecule has 1 aliphatic heterocycles. The van der Waals surface area contributed by atoms with Crippen LogP contribution < -0.4 is 10.0 Å². The Morgan fingerprint density at radius 3 is 3.08 bits per heavy atom. The van der Waals surface area contributed by atoms with E-state index < -0.39 is 0 Å². The van der Waals surface area contributed by atoms with Gasteiger partial charge in [-0.3, -0.25) is 9.52 Å². The summed E-state index contributed by atoms with van der Waals surface area (Å²) >= 11 is 1.48. The molecule has 1 aromatic rings. The van der Waals surface area contributed by atoms with E-state index in [1.807, 2.05) is 24.3 Å². The molecule has 1 aliphatic rings. The summed E-state index contributed by atoms with van der Waals surface area (Å²) in [5.41, 5.74) is 0.887. The molecule has 0 fully saturated rings. The van der Waals surface area contributed by atoms with Crippen molar-refractivity contribution >= 4 is 23.5 Å². The van der Waals surface area contributed by atoms with Crippen LogP contribution in [0.15, 0.2) is 29.2 Å². The van der Waals surface area contributed by atoms with Gasteiger partial charge in [-0.15, -0.1) is 0 Å². The Labute approximate surface area is 74.7 Å². The Kier molecular flexibility index (Phi) is 2.01. The SMILES string of the molecule is O=C1CNSc2ccccc2N1. The number of anilines is 1. The quantitative estimate of drug-likeness (QED) is 0.590. The van der Waals surface area contributed by atoms with Crippen LogP contribution in [-0.2, 0) is 4.79 Å². The number of fused-ring (bicyclic) bond motifs is 1. The first-order chi connectivity index (χ1) is 5.86. The summed E-state index contributed by atoms with van der Waals surface area (Å²) in [5.74, 6) is 0.00690. The van der Waals surface area contributed by atoms with Gasteiger partial charge in [-0.1, -0.05) is 12.1 Å². The molecule has 0 aromatic heterocycles. The van der Waals surface area contributed by atoms with Crippen LogP contribution in [0.1, 0.15) is 0 Å². The molecular formula is C8H8N2OS. The number of hydrogen-bond donors (Lipinski definition) is 2. The second-order valence-corrected chi connectivity index (χ2v) is 3.40. The van der Waals surface area contributed by atoms with Crippen LogP contribution in [0, 0.1) is 0 Å². The van der Waals surface area contributed by atoms with Gasteiger partial charge in [0.15, 0.2) is 0 Å². The van der Waals surface area contributed by atoms with E-state index in [0.717, 1.165) is 10.6 Å². The molecule has 12 heavy (non-hydrogen) atoms. The molecule has 1 heterocycles. The molecule has 62 valence electrons. The molecule has 0 unspecified atom stereocenters. The topological polar surface area (TPSA) is 41.1 Å². The number of para-hydroxylation sites is 1. The third kappa shape index (κ3) is 1.44. The van der Waals surface area contributed by atoms with Crippen molar-refractivity contribution in [2.24, 2.45) is 0 Å². The van der Waals surface area contributed by atoms with Crippen molar-refractivity contribution in [3.05, 3.63) is 24.3 Å². The Morgan fingerprint density at radius 2 is 2.17 bits per heavy atom. The van der Waals surface area contributed by atoms with Crippen LogP contribution in [-0.4, -0.2) is 12.5 Å². The van der Waals surface area contributed by atoms with Crippen LogP contribution >= 0.6 is 11.9 Å². The fraction of sp³-hybridized carbons (Fsp3) is 0.125. The number of rotatable bonds is 0. The predicted molar refractivity (Wildman–Crippen MR) is 48.9 cm³/mol. The molecule has 0 radical (unpaired) electrons. The fourth-order valence-electron chi connectivity index (χ4n) is 1.03. The average Bonchev–Trinajstić information content (AvgIpc) is 2.25. The minimum atomic E-state index is 0.00690. The number of hydrogen-bond acceptors (Lipinski definition) is 3. The van der Waals surface area contributed by atoms with Gasteiger partial charge >= 0.3 is 0 Å². The summed E-state index contributed by atoms with van der Waals surface area (Å²) in [6.45, 7) is 0.360. The van der Waals surface area contributed by atoms with E-state index in [1.165, 1.54) is 11.9 Å². The van der Waals surface area contributed by atoms with E-state index >= 15 is 0 Å². The third-order valence-electron chi connectivity index (χ3n) is 1.58. The molecule has 1 aromatic carbocycles. The lowest BCUT2D eigenvalue weighted by atomic mass is 10.3. The minimum Gasteiger partial charge on any atom is -0.324 e. The average molecular weight is 180 g/mol. The normalized spacial score (nSPS) is 16.2. The summed E-state index contributed by atoms with van der Waals surface area (Å²) in [4.78, 5) is 12.1. The maximum atomic E-state index is 11.1. The van der Waals surface area contributed by atoms with Crippen molar-refractivity contribution in [2.45, 2.75) is 4.90 Å². The lowest BCUT2D eigenvalue weighted by molar-refractivity contribution is -0.115. The molecular weight excluding hydrogens is 172 g/mol. The largest absolute Gasteiger partial charge is 0.324 e. The molecule has 1 amide bonds. The number of carbonyl (C=O) groups is 1. The first-order valence-electron chi connectivity index (χ1n) is 3.65. The summed E-state index contributed by atoms with van der Waals surface area (Å²) in [7, 11) is 0. The van der Waals surface area contributed by atoms with Crippen LogP contribution in [0.5, 0.6) is 0 Å². The van der Waals surface area contributed by atoms with E-state index in [1.54, 1.807) is 0 Å².